The molecule has 106 heavy (non-hydrogen) atoms. The summed E-state index contributed by atoms with van der Waals surface area (Å²) in [5, 5.41) is 12.5. The molecular weight excluding hydrogens is 1280 g/mol. The summed E-state index contributed by atoms with van der Waals surface area (Å²) in [6.07, 6.45) is 0. The molecule has 4 nitrogen and oxygen atoms in total. The third-order valence-electron chi connectivity index (χ3n) is 21.0. The van der Waals surface area contributed by atoms with Crippen LogP contribution in [0, 0.1) is 0 Å². The van der Waals surface area contributed by atoms with Gasteiger partial charge in [-0.05, 0) is 198 Å². The smallest absolute Gasteiger partial charge is 0.0541 e. The van der Waals surface area contributed by atoms with Crippen LogP contribution in [0.25, 0.3) is 143 Å². The molecule has 498 valence electrons. The summed E-state index contributed by atoms with van der Waals surface area (Å²) in [4.78, 5) is 4.73. The Balaban J connectivity index is 0.000000148. The molecule has 0 bridgehead atoms. The van der Waals surface area contributed by atoms with E-state index in [1.807, 2.05) is 0 Å². The Morgan fingerprint density at radius 3 is 0.877 bits per heavy atom. The van der Waals surface area contributed by atoms with Crippen LogP contribution in [-0.2, 0) is 0 Å². The van der Waals surface area contributed by atoms with Crippen LogP contribution in [0.4, 0.5) is 34.1 Å². The van der Waals surface area contributed by atoms with Crippen LogP contribution in [0.15, 0.2) is 425 Å². The molecule has 0 saturated carbocycles. The SMILES string of the molecule is c1cc(-c2ccc(N(c3ccc(-c4cccc5ccccc45)cc3)c3ccc(-c4cccc5ccccc45)cc3)cc2)cc(-n2c3ccccc3c3ccccc32)c1.c1ccc(-c2ccc(N(c3ccc(-c4ccc(-n5c6ccccc6c6ccccc65)cc4)cc3)c3cccc4ccccc34)cc2)cc1. The van der Waals surface area contributed by atoms with Crippen molar-refractivity contribution >= 4 is 110 Å². The summed E-state index contributed by atoms with van der Waals surface area (Å²) < 4.78 is 4.75. The number of nitrogens with zero attached hydrogens (tertiary/aromatic N) is 4. The first kappa shape index (κ1) is 62.9. The molecule has 2 aromatic heterocycles. The van der Waals surface area contributed by atoms with Gasteiger partial charge in [-0.2, -0.15) is 0 Å². The largest absolute Gasteiger partial charge is 0.311 e. The van der Waals surface area contributed by atoms with E-state index >= 15 is 0 Å². The highest BCUT2D eigenvalue weighted by Crippen LogP contribution is 2.44. The molecule has 0 N–H and O–H groups in total. The van der Waals surface area contributed by atoms with Gasteiger partial charge >= 0.3 is 0 Å². The third kappa shape index (κ3) is 11.7. The number of para-hydroxylation sites is 4. The van der Waals surface area contributed by atoms with Crippen LogP contribution in [0.2, 0.25) is 0 Å². The topological polar surface area (TPSA) is 16.3 Å². The molecule has 0 saturated heterocycles. The van der Waals surface area contributed by atoms with Gasteiger partial charge in [0.15, 0.2) is 0 Å². The fourth-order valence-corrected chi connectivity index (χ4v) is 15.9. The van der Waals surface area contributed by atoms with E-state index < -0.39 is 0 Å². The van der Waals surface area contributed by atoms with Crippen LogP contribution in [-0.4, -0.2) is 9.13 Å². The first-order valence-electron chi connectivity index (χ1n) is 36.4. The zero-order chi connectivity index (χ0) is 70.3. The molecule has 0 radical (unpaired) electrons. The van der Waals surface area contributed by atoms with Crippen molar-refractivity contribution in [1.82, 2.24) is 9.13 Å². The average Bonchev–Trinajstić information content (AvgIpc) is 1.45. The van der Waals surface area contributed by atoms with Gasteiger partial charge in [0.05, 0.1) is 27.8 Å². The Bertz CT molecular complexity index is 6350. The first-order chi connectivity index (χ1) is 52.6. The molecular formula is C102H70N4. The van der Waals surface area contributed by atoms with E-state index in [4.69, 9.17) is 0 Å². The number of anilines is 6. The number of hydrogen-bond donors (Lipinski definition) is 0. The van der Waals surface area contributed by atoms with Crippen molar-refractivity contribution in [1.29, 1.82) is 0 Å². The summed E-state index contributed by atoms with van der Waals surface area (Å²) in [7, 11) is 0. The zero-order valence-corrected chi connectivity index (χ0v) is 58.2. The minimum Gasteiger partial charge on any atom is -0.311 e. The van der Waals surface area contributed by atoms with Crippen LogP contribution < -0.4 is 9.80 Å². The highest BCUT2D eigenvalue weighted by Gasteiger charge is 2.20. The number of fused-ring (bicyclic) bond motifs is 9. The Morgan fingerprint density at radius 2 is 0.443 bits per heavy atom. The maximum Gasteiger partial charge on any atom is 0.0541 e. The Hall–Kier alpha value is -14.1. The molecule has 2 heterocycles. The van der Waals surface area contributed by atoms with E-state index in [0.29, 0.717) is 0 Å². The van der Waals surface area contributed by atoms with E-state index in [1.54, 1.807) is 0 Å². The Morgan fingerprint density at radius 1 is 0.160 bits per heavy atom. The van der Waals surface area contributed by atoms with Gasteiger partial charge in [-0.1, -0.05) is 309 Å². The van der Waals surface area contributed by atoms with E-state index in [2.05, 4.69) is 444 Å². The van der Waals surface area contributed by atoms with Crippen molar-refractivity contribution in [3.8, 4) is 67.0 Å². The van der Waals surface area contributed by atoms with Gasteiger partial charge in [-0.3, -0.25) is 0 Å². The number of benzene rings is 18. The lowest BCUT2D eigenvalue weighted by Gasteiger charge is -2.27. The van der Waals surface area contributed by atoms with E-state index in [0.717, 1.165) is 45.5 Å². The summed E-state index contributed by atoms with van der Waals surface area (Å²) in [5.41, 5.74) is 25.9. The summed E-state index contributed by atoms with van der Waals surface area (Å²) in [6, 6.07) is 153. The Kier molecular flexibility index (Phi) is 16.2. The van der Waals surface area contributed by atoms with Crippen molar-refractivity contribution in [2.45, 2.75) is 0 Å². The predicted octanol–water partition coefficient (Wildman–Crippen LogP) is 28.3. The summed E-state index contributed by atoms with van der Waals surface area (Å²) in [5.74, 6) is 0. The number of rotatable bonds is 13. The fraction of sp³-hybridized carbons (Fsp3) is 0. The van der Waals surface area contributed by atoms with Crippen molar-refractivity contribution in [3.05, 3.63) is 425 Å². The molecule has 18 aromatic carbocycles. The second-order valence-corrected chi connectivity index (χ2v) is 27.2. The van der Waals surface area contributed by atoms with Gasteiger partial charge in [0.1, 0.15) is 0 Å². The molecule has 0 fully saturated rings. The van der Waals surface area contributed by atoms with Gasteiger partial charge < -0.3 is 18.9 Å². The van der Waals surface area contributed by atoms with Crippen LogP contribution >= 0.6 is 0 Å². The van der Waals surface area contributed by atoms with E-state index in [-0.39, 0.29) is 0 Å². The quantitative estimate of drug-likeness (QED) is 0.114. The molecule has 0 atom stereocenters. The van der Waals surface area contributed by atoms with Crippen molar-refractivity contribution in [2.75, 3.05) is 9.80 Å². The van der Waals surface area contributed by atoms with Crippen molar-refractivity contribution in [3.63, 3.8) is 0 Å². The fourth-order valence-electron chi connectivity index (χ4n) is 15.9. The lowest BCUT2D eigenvalue weighted by molar-refractivity contribution is 1.18. The van der Waals surface area contributed by atoms with Crippen LogP contribution in [0.3, 0.4) is 0 Å². The second kappa shape index (κ2) is 27.4. The molecule has 0 unspecified atom stereocenters. The maximum absolute atomic E-state index is 2.38. The minimum atomic E-state index is 1.10. The average molecular weight is 1350 g/mol. The zero-order valence-electron chi connectivity index (χ0n) is 58.2. The lowest BCUT2D eigenvalue weighted by Crippen LogP contribution is -2.10. The number of aromatic nitrogens is 2. The predicted molar refractivity (Wildman–Crippen MR) is 451 cm³/mol. The van der Waals surface area contributed by atoms with Gasteiger partial charge in [0, 0.05) is 66.7 Å². The van der Waals surface area contributed by atoms with Gasteiger partial charge in [-0.15, -0.1) is 0 Å². The maximum atomic E-state index is 2.38. The second-order valence-electron chi connectivity index (χ2n) is 27.2. The highest BCUT2D eigenvalue weighted by molar-refractivity contribution is 6.11. The molecule has 0 aliphatic rings. The van der Waals surface area contributed by atoms with Crippen LogP contribution in [0.1, 0.15) is 0 Å². The molecule has 0 amide bonds. The normalized spacial score (nSPS) is 11.4. The first-order valence-corrected chi connectivity index (χ1v) is 36.4. The molecule has 4 heteroatoms. The summed E-state index contributed by atoms with van der Waals surface area (Å²) in [6.45, 7) is 0. The molecule has 0 aliphatic carbocycles. The monoisotopic (exact) mass is 1350 g/mol. The molecule has 20 aromatic rings. The third-order valence-corrected chi connectivity index (χ3v) is 21.0. The van der Waals surface area contributed by atoms with Gasteiger partial charge in [0.25, 0.3) is 0 Å². The lowest BCUT2D eigenvalue weighted by atomic mass is 9.97. The minimum absolute atomic E-state index is 1.10. The summed E-state index contributed by atoms with van der Waals surface area (Å²) >= 11 is 0. The highest BCUT2D eigenvalue weighted by atomic mass is 15.1. The van der Waals surface area contributed by atoms with E-state index in [9.17, 15) is 0 Å². The number of hydrogen-bond acceptors (Lipinski definition) is 2. The van der Waals surface area contributed by atoms with Crippen LogP contribution in [0.5, 0.6) is 0 Å². The standard InChI is InChI=1S/C56H38N2.C46H32N2/c1-3-18-49-40(12-1)14-10-22-51(49)42-28-34-46(35-29-42)57(47-36-30-43(31-37-47)52-23-11-15-41-13-2-4-19-50(41)52)45-32-26-39(27-33-45)44-16-9-17-48(38-44)58-55-24-7-5-20-53(55)54-21-6-8-25-56(54)58;1-2-11-33(12-3-1)34-21-27-38(28-22-34)47(44-20-10-14-37-13-4-5-15-41(37)44)39-29-23-35(24-30-39)36-25-31-40(32-26-36)48-45-18-8-6-16-42(45)43-17-7-9-19-46(43)48/h1-38H;1-32H. The molecule has 0 spiro atoms. The van der Waals surface area contributed by atoms with Gasteiger partial charge in [0.2, 0.25) is 0 Å². The molecule has 20 rings (SSSR count). The molecule has 0 aliphatic heterocycles. The van der Waals surface area contributed by atoms with E-state index in [1.165, 1.54) is 132 Å². The van der Waals surface area contributed by atoms with Gasteiger partial charge in [-0.25, -0.2) is 0 Å². The van der Waals surface area contributed by atoms with Crippen molar-refractivity contribution < 1.29 is 0 Å². The van der Waals surface area contributed by atoms with Crippen molar-refractivity contribution in [2.24, 2.45) is 0 Å². The Labute approximate surface area is 616 Å².